The van der Waals surface area contributed by atoms with Crippen molar-refractivity contribution in [1.82, 2.24) is 10.3 Å². The lowest BCUT2D eigenvalue weighted by atomic mass is 9.71. The van der Waals surface area contributed by atoms with Gasteiger partial charge in [-0.2, -0.15) is 0 Å². The highest BCUT2D eigenvalue weighted by Crippen LogP contribution is 2.36. The summed E-state index contributed by atoms with van der Waals surface area (Å²) in [5.41, 5.74) is 6.19. The van der Waals surface area contributed by atoms with Gasteiger partial charge in [-0.05, 0) is 49.6 Å². The second-order valence-corrected chi connectivity index (χ2v) is 5.83. The third kappa shape index (κ3) is 2.89. The van der Waals surface area contributed by atoms with Crippen molar-refractivity contribution in [2.45, 2.75) is 18.4 Å². The minimum atomic E-state index is -0.794. The molecule has 0 radical (unpaired) electrons. The molecule has 0 atom stereocenters. The van der Waals surface area contributed by atoms with Crippen LogP contribution in [0.3, 0.4) is 0 Å². The number of aromatic nitrogens is 1. The van der Waals surface area contributed by atoms with Crippen LogP contribution in [0.25, 0.3) is 10.9 Å². The number of nitrogens with two attached hydrogens (primary N) is 1. The van der Waals surface area contributed by atoms with E-state index >= 15 is 0 Å². The maximum atomic E-state index is 12.2. The topological polar surface area (TPSA) is 88.2 Å². The molecular formula is C16H19N3O2. The molecule has 0 saturated heterocycles. The van der Waals surface area contributed by atoms with Crippen molar-refractivity contribution in [3.8, 4) is 0 Å². The van der Waals surface area contributed by atoms with Crippen LogP contribution in [0, 0.1) is 5.92 Å². The average molecular weight is 285 g/mol. The van der Waals surface area contributed by atoms with Crippen LogP contribution in [0.5, 0.6) is 0 Å². The van der Waals surface area contributed by atoms with Gasteiger partial charge in [0.1, 0.15) is 0 Å². The zero-order valence-electron chi connectivity index (χ0n) is 11.7. The summed E-state index contributed by atoms with van der Waals surface area (Å²) in [6.45, 7) is 0.862. The molecule has 1 aliphatic carbocycles. The quantitative estimate of drug-likeness (QED) is 0.784. The first-order chi connectivity index (χ1) is 10.1. The normalized spacial score (nSPS) is 24.6. The molecule has 4 N–H and O–H groups in total. The fourth-order valence-corrected chi connectivity index (χ4v) is 2.89. The first-order valence-corrected chi connectivity index (χ1v) is 7.15. The zero-order chi connectivity index (χ0) is 14.9. The molecule has 0 aliphatic heterocycles. The third-order valence-electron chi connectivity index (χ3n) is 4.11. The van der Waals surface area contributed by atoms with Crippen molar-refractivity contribution in [2.24, 2.45) is 11.7 Å². The molecule has 1 fully saturated rings. The molecule has 1 amide bonds. The van der Waals surface area contributed by atoms with Gasteiger partial charge in [0.05, 0.1) is 11.1 Å². The number of pyridine rings is 1. The van der Waals surface area contributed by atoms with E-state index in [0.717, 1.165) is 10.9 Å². The highest BCUT2D eigenvalue weighted by molar-refractivity contribution is 5.97. The SMILES string of the molecule is NCC1CC(O)(CNC(=O)c2ccc3ncccc3c2)C1. The Balaban J connectivity index is 1.64. The maximum absolute atomic E-state index is 12.2. The largest absolute Gasteiger partial charge is 0.388 e. The Morgan fingerprint density at radius 2 is 2.24 bits per heavy atom. The van der Waals surface area contributed by atoms with Gasteiger partial charge in [0.2, 0.25) is 0 Å². The van der Waals surface area contributed by atoms with Gasteiger partial charge in [0, 0.05) is 23.7 Å². The van der Waals surface area contributed by atoms with Crippen LogP contribution < -0.4 is 11.1 Å². The smallest absolute Gasteiger partial charge is 0.251 e. The molecule has 21 heavy (non-hydrogen) atoms. The van der Waals surface area contributed by atoms with E-state index in [-0.39, 0.29) is 12.5 Å². The molecule has 1 aromatic heterocycles. The molecule has 0 spiro atoms. The van der Waals surface area contributed by atoms with E-state index in [1.807, 2.05) is 24.3 Å². The van der Waals surface area contributed by atoms with Gasteiger partial charge in [-0.25, -0.2) is 0 Å². The number of rotatable bonds is 4. The lowest BCUT2D eigenvalue weighted by molar-refractivity contribution is -0.0665. The molecule has 5 heteroatoms. The van der Waals surface area contributed by atoms with Gasteiger partial charge in [0.25, 0.3) is 5.91 Å². The summed E-state index contributed by atoms with van der Waals surface area (Å²) in [4.78, 5) is 16.4. The maximum Gasteiger partial charge on any atom is 0.251 e. The minimum Gasteiger partial charge on any atom is -0.388 e. The predicted octanol–water partition coefficient (Wildman–Crippen LogP) is 1.06. The highest BCUT2D eigenvalue weighted by atomic mass is 16.3. The van der Waals surface area contributed by atoms with E-state index in [0.29, 0.717) is 30.9 Å². The number of hydrogen-bond acceptors (Lipinski definition) is 4. The van der Waals surface area contributed by atoms with Gasteiger partial charge in [-0.3, -0.25) is 9.78 Å². The van der Waals surface area contributed by atoms with Gasteiger partial charge in [-0.15, -0.1) is 0 Å². The Labute approximate surface area is 123 Å². The summed E-state index contributed by atoms with van der Waals surface area (Å²) in [5.74, 6) is 0.198. The molecule has 1 aliphatic rings. The number of aliphatic hydroxyl groups is 1. The van der Waals surface area contributed by atoms with E-state index in [1.54, 1.807) is 12.3 Å². The number of hydrogen-bond donors (Lipinski definition) is 3. The summed E-state index contributed by atoms with van der Waals surface area (Å²) < 4.78 is 0. The molecule has 1 heterocycles. The Bertz CT molecular complexity index is 665. The summed E-state index contributed by atoms with van der Waals surface area (Å²) in [6.07, 6.45) is 3.04. The van der Waals surface area contributed by atoms with Crippen LogP contribution in [0.4, 0.5) is 0 Å². The molecule has 1 saturated carbocycles. The summed E-state index contributed by atoms with van der Waals surface area (Å²) in [5, 5.41) is 13.9. The van der Waals surface area contributed by atoms with Crippen molar-refractivity contribution < 1.29 is 9.90 Å². The first kappa shape index (κ1) is 14.0. The van der Waals surface area contributed by atoms with E-state index in [2.05, 4.69) is 10.3 Å². The van der Waals surface area contributed by atoms with Gasteiger partial charge in [0.15, 0.2) is 0 Å². The number of amides is 1. The lowest BCUT2D eigenvalue weighted by Crippen LogP contribution is -2.53. The van der Waals surface area contributed by atoms with Crippen LogP contribution in [0.1, 0.15) is 23.2 Å². The fraction of sp³-hybridized carbons (Fsp3) is 0.375. The number of benzene rings is 1. The van der Waals surface area contributed by atoms with Crippen molar-refractivity contribution >= 4 is 16.8 Å². The molecule has 0 bridgehead atoms. The number of carbonyl (C=O) groups excluding carboxylic acids is 1. The first-order valence-electron chi connectivity index (χ1n) is 7.15. The molecular weight excluding hydrogens is 266 g/mol. The monoisotopic (exact) mass is 285 g/mol. The Morgan fingerprint density at radius 3 is 3.00 bits per heavy atom. The minimum absolute atomic E-state index is 0.176. The van der Waals surface area contributed by atoms with Crippen molar-refractivity contribution in [3.63, 3.8) is 0 Å². The Kier molecular flexibility index (Phi) is 3.61. The summed E-state index contributed by atoms with van der Waals surface area (Å²) >= 11 is 0. The molecule has 0 unspecified atom stereocenters. The summed E-state index contributed by atoms with van der Waals surface area (Å²) in [7, 11) is 0. The van der Waals surface area contributed by atoms with Crippen LogP contribution >= 0.6 is 0 Å². The van der Waals surface area contributed by atoms with E-state index < -0.39 is 5.60 Å². The third-order valence-corrected chi connectivity index (χ3v) is 4.11. The van der Waals surface area contributed by atoms with Crippen LogP contribution in [0.15, 0.2) is 36.5 Å². The zero-order valence-corrected chi connectivity index (χ0v) is 11.7. The second kappa shape index (κ2) is 5.42. The van der Waals surface area contributed by atoms with Crippen molar-refractivity contribution in [2.75, 3.05) is 13.1 Å². The van der Waals surface area contributed by atoms with Crippen molar-refractivity contribution in [1.29, 1.82) is 0 Å². The predicted molar refractivity (Wildman–Crippen MR) is 80.8 cm³/mol. The van der Waals surface area contributed by atoms with Crippen LogP contribution in [0.2, 0.25) is 0 Å². The molecule has 3 rings (SSSR count). The average Bonchev–Trinajstić information content (AvgIpc) is 2.49. The number of nitrogens with zero attached hydrogens (tertiary/aromatic N) is 1. The van der Waals surface area contributed by atoms with Gasteiger partial charge in [-0.1, -0.05) is 6.07 Å². The molecule has 110 valence electrons. The van der Waals surface area contributed by atoms with Crippen LogP contribution in [-0.4, -0.2) is 34.7 Å². The van der Waals surface area contributed by atoms with Crippen molar-refractivity contribution in [3.05, 3.63) is 42.1 Å². The molecule has 1 aromatic carbocycles. The highest BCUT2D eigenvalue weighted by Gasteiger charge is 2.41. The van der Waals surface area contributed by atoms with E-state index in [4.69, 9.17) is 5.73 Å². The molecule has 2 aromatic rings. The van der Waals surface area contributed by atoms with E-state index in [9.17, 15) is 9.90 Å². The second-order valence-electron chi connectivity index (χ2n) is 5.83. The summed E-state index contributed by atoms with van der Waals surface area (Å²) in [6, 6.07) is 9.15. The Morgan fingerprint density at radius 1 is 1.43 bits per heavy atom. The Hall–Kier alpha value is -1.98. The van der Waals surface area contributed by atoms with Crippen LogP contribution in [-0.2, 0) is 0 Å². The van der Waals surface area contributed by atoms with Gasteiger partial charge >= 0.3 is 0 Å². The number of fused-ring (bicyclic) bond motifs is 1. The number of nitrogens with one attached hydrogen (secondary N) is 1. The standard InChI is InChI=1S/C16H19N3O2/c17-9-11-7-16(21,8-11)10-19-15(20)13-3-4-14-12(6-13)2-1-5-18-14/h1-6,11,21H,7-10,17H2,(H,19,20). The lowest BCUT2D eigenvalue weighted by Gasteiger charge is -2.43. The van der Waals surface area contributed by atoms with E-state index in [1.165, 1.54) is 0 Å². The fourth-order valence-electron chi connectivity index (χ4n) is 2.89. The van der Waals surface area contributed by atoms with Gasteiger partial charge < -0.3 is 16.2 Å². The molecule has 5 nitrogen and oxygen atoms in total. The number of carbonyl (C=O) groups is 1.